The van der Waals surface area contributed by atoms with Gasteiger partial charge in [0.1, 0.15) is 0 Å². The van der Waals surface area contributed by atoms with Crippen molar-refractivity contribution in [3.63, 3.8) is 0 Å². The van der Waals surface area contributed by atoms with Crippen LogP contribution in [0.2, 0.25) is 0 Å². The minimum atomic E-state index is 1.05. The van der Waals surface area contributed by atoms with E-state index in [9.17, 15) is 0 Å². The first-order chi connectivity index (χ1) is 69.4. The first-order valence-corrected chi connectivity index (χ1v) is 49.8. The standard InChI is InChI=1S/2C28H18.4C21H14/c1-4-10-20-17(7-1)13-14-23-26-21-11-5-2-8-18(21)15-24(26)25-16-19-9-3-6-12-22(19)28(25)27(20)23;1-2-8-18-14-24-23(13-17(18)7-1)27-21-11-5-3-9-19(21)15-25(27)26-16-20-10-4-6-12-22(20)28(24)26;1-3-7-17-14(5-1)9-12-20-19(17)11-10-16-13-15-6-2-4-8-18(15)21(16)20;1-3-7-18-14(5-1)9-10-15-11-12-17-13-16-6-2-4-8-19(16)21(17)20(15)18;1-2-8-15-14(7-1)13-20-18-11-4-3-9-16(18)17-10-5-6-12-19(17)21(15)20;1-2-6-15-13-20-17(11-14(15)5-1)9-10-18-12-16-7-3-4-8-19(16)21(18)20/h2*1-14H,15-16H2;3*1-12H,13H2;1-11,13H,12H2. The number of hydrogen-bond donors (Lipinski definition) is 0. The van der Waals surface area contributed by atoms with Crippen molar-refractivity contribution in [3.05, 3.63) is 550 Å². The van der Waals surface area contributed by atoms with E-state index in [1.807, 2.05) is 0 Å². The maximum Gasteiger partial charge on any atom is -0.000705 e. The minimum Gasteiger partial charge on any atom is -0.0619 e. The van der Waals surface area contributed by atoms with Gasteiger partial charge in [-0.15, -0.1) is 0 Å². The van der Waals surface area contributed by atoms with E-state index in [2.05, 4.69) is 461 Å². The summed E-state index contributed by atoms with van der Waals surface area (Å²) in [7, 11) is 0. The molecule has 140 heavy (non-hydrogen) atoms. The molecular weight excluding hydrogens is 1680 g/mol. The highest BCUT2D eigenvalue weighted by molar-refractivity contribution is 6.24. The fourth-order valence-corrected chi connectivity index (χ4v) is 26.0. The van der Waals surface area contributed by atoms with Crippen molar-refractivity contribution in [2.45, 2.75) is 51.4 Å². The van der Waals surface area contributed by atoms with Gasteiger partial charge in [-0.3, -0.25) is 0 Å². The lowest BCUT2D eigenvalue weighted by Crippen LogP contribution is -1.94. The van der Waals surface area contributed by atoms with E-state index in [1.165, 1.54) is 285 Å². The SMILES string of the molecule is c1ccc2c(c1)Cc1c-2c2ccccc2c2ccccc12.c1ccc2c(c1)Cc1c3c(c4c(ccc5ccccc54)c1-2)-c1ccccc1C3.c1ccc2c(c1)Cc1c3c(c4cc5ccccc5cc4c1-2)-c1ccccc1C3.c1ccc2c(c1)Cc1ccc3c(ccc4ccccc43)c1-2.c1ccc2c(c1)Cc1ccc3cc4ccccc4cc3c1-2.c1ccc2c(c1)Cc1ccc3ccc4ccccc4c3c1-2. The van der Waals surface area contributed by atoms with Crippen molar-refractivity contribution in [2.24, 2.45) is 0 Å². The molecule has 26 aromatic rings. The average molecular weight is 1770 g/mol. The second-order valence-electron chi connectivity index (χ2n) is 39.5. The second kappa shape index (κ2) is 32.3. The van der Waals surface area contributed by atoms with Gasteiger partial charge in [-0.05, 0) is 383 Å². The summed E-state index contributed by atoms with van der Waals surface area (Å²) in [6, 6.07) is 169. The van der Waals surface area contributed by atoms with Crippen LogP contribution in [0.25, 0.3) is 218 Å². The van der Waals surface area contributed by atoms with E-state index in [4.69, 9.17) is 0 Å². The van der Waals surface area contributed by atoms with Crippen LogP contribution in [0.5, 0.6) is 0 Å². The molecule has 652 valence electrons. The molecule has 0 atom stereocenters. The Morgan fingerprint density at radius 1 is 0.100 bits per heavy atom. The smallest absolute Gasteiger partial charge is 0.000705 e. The molecule has 0 fully saturated rings. The van der Waals surface area contributed by atoms with Gasteiger partial charge in [-0.1, -0.05) is 437 Å². The zero-order valence-corrected chi connectivity index (χ0v) is 77.5. The van der Waals surface area contributed by atoms with Gasteiger partial charge in [-0.2, -0.15) is 0 Å². The molecule has 26 aromatic carbocycles. The number of rotatable bonds is 0. The van der Waals surface area contributed by atoms with Gasteiger partial charge in [0.25, 0.3) is 0 Å². The van der Waals surface area contributed by atoms with Crippen LogP contribution in [0.3, 0.4) is 0 Å². The monoisotopic (exact) mass is 1770 g/mol. The highest BCUT2D eigenvalue weighted by Crippen LogP contribution is 2.57. The van der Waals surface area contributed by atoms with E-state index in [-0.39, 0.29) is 0 Å². The van der Waals surface area contributed by atoms with Crippen molar-refractivity contribution >= 4 is 129 Å². The maximum atomic E-state index is 2.42. The molecule has 0 nitrogen and oxygen atoms in total. The Morgan fingerprint density at radius 3 is 0.829 bits per heavy atom. The average Bonchev–Trinajstić information content (AvgIpc) is 1.53. The lowest BCUT2D eigenvalue weighted by atomic mass is 9.86. The lowest BCUT2D eigenvalue weighted by molar-refractivity contribution is 1.17. The van der Waals surface area contributed by atoms with Crippen LogP contribution in [0.1, 0.15) is 89.0 Å². The number of benzene rings is 26. The van der Waals surface area contributed by atoms with Gasteiger partial charge < -0.3 is 0 Å². The summed E-state index contributed by atoms with van der Waals surface area (Å²) in [6.45, 7) is 0. The summed E-state index contributed by atoms with van der Waals surface area (Å²) in [4.78, 5) is 0. The molecule has 0 amide bonds. The Morgan fingerprint density at radius 2 is 0.350 bits per heavy atom. The van der Waals surface area contributed by atoms with Crippen molar-refractivity contribution in [2.75, 3.05) is 0 Å². The summed E-state index contributed by atoms with van der Waals surface area (Å²) >= 11 is 0. The van der Waals surface area contributed by atoms with E-state index < -0.39 is 0 Å². The molecule has 0 unspecified atom stereocenters. The predicted octanol–water partition coefficient (Wildman–Crippen LogP) is 36.5. The highest BCUT2D eigenvalue weighted by Gasteiger charge is 2.35. The van der Waals surface area contributed by atoms with Crippen LogP contribution in [0.15, 0.2) is 461 Å². The molecule has 0 spiro atoms. The quantitative estimate of drug-likeness (QED) is 0.105. The first kappa shape index (κ1) is 80.1. The Hall–Kier alpha value is -17.2. The van der Waals surface area contributed by atoms with E-state index in [0.29, 0.717) is 0 Å². The molecule has 0 heteroatoms. The molecule has 8 aliphatic carbocycles. The third kappa shape index (κ3) is 12.7. The van der Waals surface area contributed by atoms with Crippen molar-refractivity contribution in [1.82, 2.24) is 0 Å². The highest BCUT2D eigenvalue weighted by atomic mass is 14.4. The normalized spacial score (nSPS) is 12.9. The van der Waals surface area contributed by atoms with Gasteiger partial charge in [0, 0.05) is 0 Å². The van der Waals surface area contributed by atoms with E-state index in [0.717, 1.165) is 51.4 Å². The van der Waals surface area contributed by atoms with Crippen LogP contribution in [0.4, 0.5) is 0 Å². The zero-order valence-electron chi connectivity index (χ0n) is 77.5. The molecule has 0 aromatic heterocycles. The van der Waals surface area contributed by atoms with Gasteiger partial charge in [0.05, 0.1) is 0 Å². The maximum absolute atomic E-state index is 2.42. The molecule has 34 rings (SSSR count). The van der Waals surface area contributed by atoms with Crippen LogP contribution < -0.4 is 0 Å². The van der Waals surface area contributed by atoms with Gasteiger partial charge in [0.2, 0.25) is 0 Å². The minimum absolute atomic E-state index is 1.05. The first-order valence-electron chi connectivity index (χ1n) is 49.8. The summed E-state index contributed by atoms with van der Waals surface area (Å²) in [5.41, 5.74) is 46.8. The molecule has 8 aliphatic rings. The van der Waals surface area contributed by atoms with Crippen molar-refractivity contribution in [1.29, 1.82) is 0 Å². The number of hydrogen-bond acceptors (Lipinski definition) is 0. The van der Waals surface area contributed by atoms with Crippen molar-refractivity contribution < 1.29 is 0 Å². The fraction of sp³-hybridized carbons (Fsp3) is 0.0571. The van der Waals surface area contributed by atoms with Crippen LogP contribution in [-0.4, -0.2) is 0 Å². The fourth-order valence-electron chi connectivity index (χ4n) is 26.0. The summed E-state index contributed by atoms with van der Waals surface area (Å²) in [6.07, 6.45) is 8.48. The van der Waals surface area contributed by atoms with E-state index >= 15 is 0 Å². The third-order valence-electron chi connectivity index (χ3n) is 32.1. The molecule has 0 radical (unpaired) electrons. The molecule has 0 saturated carbocycles. The molecular formula is C140H92. The van der Waals surface area contributed by atoms with Gasteiger partial charge in [0.15, 0.2) is 0 Å². The van der Waals surface area contributed by atoms with Gasteiger partial charge in [-0.25, -0.2) is 0 Å². The molecule has 0 saturated heterocycles. The largest absolute Gasteiger partial charge is 0.0619 e. The summed E-state index contributed by atoms with van der Waals surface area (Å²) < 4.78 is 0. The molecule has 0 heterocycles. The number of fused-ring (bicyclic) bond motifs is 51. The molecule has 0 aliphatic heterocycles. The Kier molecular flexibility index (Phi) is 18.5. The summed E-state index contributed by atoms with van der Waals surface area (Å²) in [5.74, 6) is 0. The Labute approximate surface area is 813 Å². The van der Waals surface area contributed by atoms with Crippen LogP contribution in [0, 0.1) is 0 Å². The Bertz CT molecular complexity index is 9540. The molecule has 0 N–H and O–H groups in total. The zero-order chi connectivity index (χ0) is 91.7. The summed E-state index contributed by atoms with van der Waals surface area (Å²) in [5, 5.41) is 32.8. The molecule has 0 bridgehead atoms. The lowest BCUT2D eigenvalue weighted by Gasteiger charge is -2.16. The Balaban J connectivity index is 0.0000000811. The topological polar surface area (TPSA) is 0 Å². The third-order valence-corrected chi connectivity index (χ3v) is 32.1. The van der Waals surface area contributed by atoms with E-state index in [1.54, 1.807) is 22.3 Å². The predicted molar refractivity (Wildman–Crippen MR) is 595 cm³/mol. The van der Waals surface area contributed by atoms with Crippen LogP contribution in [-0.2, 0) is 51.4 Å². The van der Waals surface area contributed by atoms with Crippen LogP contribution >= 0.6 is 0 Å². The van der Waals surface area contributed by atoms with Crippen molar-refractivity contribution in [3.8, 4) is 89.0 Å². The second-order valence-corrected chi connectivity index (χ2v) is 39.5. The van der Waals surface area contributed by atoms with Gasteiger partial charge >= 0.3 is 0 Å².